The molecule has 7 rings (SSSR count). The van der Waals surface area contributed by atoms with Crippen LogP contribution in [0.15, 0.2) is 103 Å². The molecule has 178 valence electrons. The van der Waals surface area contributed by atoms with E-state index in [1.165, 1.54) is 23.8 Å². The summed E-state index contributed by atoms with van der Waals surface area (Å²) in [6.07, 6.45) is -4.14. The Kier molecular flexibility index (Phi) is 4.33. The Labute approximate surface area is 224 Å². The molecular weight excluding hydrogens is 473 g/mol. The molecule has 0 radical (unpaired) electrons. The number of aromatic nitrogens is 1. The lowest BCUT2D eigenvalue weighted by Gasteiger charge is -2.10. The van der Waals surface area contributed by atoms with Crippen LogP contribution in [0.5, 0.6) is 0 Å². The first-order valence-corrected chi connectivity index (χ1v) is 13.0. The van der Waals surface area contributed by atoms with Crippen molar-refractivity contribution in [1.29, 1.82) is 0 Å². The van der Waals surface area contributed by atoms with Crippen molar-refractivity contribution >= 4 is 53.1 Å². The zero-order valence-electron chi connectivity index (χ0n) is 24.0. The highest BCUT2D eigenvalue weighted by Gasteiger charge is 2.18. The standard InChI is InChI=1S/C34H24FNS/c1-21-11-15-27-24(17-21)14-16-28-32-26-10-6-5-9-23(26)18-29(34(32)37-33(27)28)31-19-25(30(35)20-36-31)13-12-22-7-3-2-4-8-22/h2-11,14-20H,12-13H2,1H3/i12D2,13D2. The number of rotatable bonds is 4. The molecule has 0 aliphatic heterocycles. The molecule has 5 aromatic carbocycles. The van der Waals surface area contributed by atoms with Gasteiger partial charge in [-0.25, -0.2) is 4.39 Å². The third kappa shape index (κ3) is 3.78. The van der Waals surface area contributed by atoms with Crippen LogP contribution in [0, 0.1) is 12.7 Å². The topological polar surface area (TPSA) is 12.9 Å². The van der Waals surface area contributed by atoms with E-state index in [-0.39, 0.29) is 11.1 Å². The van der Waals surface area contributed by atoms with Crippen LogP contribution in [0.1, 0.15) is 22.2 Å². The maximum atomic E-state index is 15.3. The van der Waals surface area contributed by atoms with E-state index >= 15 is 4.39 Å². The monoisotopic (exact) mass is 501 g/mol. The van der Waals surface area contributed by atoms with E-state index in [4.69, 9.17) is 5.48 Å². The van der Waals surface area contributed by atoms with E-state index < -0.39 is 18.6 Å². The lowest BCUT2D eigenvalue weighted by molar-refractivity contribution is 0.602. The molecule has 0 unspecified atom stereocenters. The summed E-state index contributed by atoms with van der Waals surface area (Å²) in [6.45, 7) is 2.08. The normalized spacial score (nSPS) is 14.1. The highest BCUT2D eigenvalue weighted by Crippen LogP contribution is 2.46. The second-order valence-electron chi connectivity index (χ2n) is 9.28. The SMILES string of the molecule is [2H]C([2H])(c1ccccc1)C([2H])([2H])c1cc(-c2cc3ccccc3c3c2sc2c4ccc(C)cc4ccc23)ncc1F. The Morgan fingerprint density at radius 1 is 0.757 bits per heavy atom. The summed E-state index contributed by atoms with van der Waals surface area (Å²) in [7, 11) is 0. The molecule has 1 nitrogen and oxygen atoms in total. The summed E-state index contributed by atoms with van der Waals surface area (Å²) < 4.78 is 52.5. The molecule has 0 aliphatic rings. The van der Waals surface area contributed by atoms with Gasteiger partial charge in [-0.05, 0) is 64.5 Å². The van der Waals surface area contributed by atoms with Gasteiger partial charge in [-0.1, -0.05) is 90.5 Å². The van der Waals surface area contributed by atoms with Gasteiger partial charge < -0.3 is 0 Å². The van der Waals surface area contributed by atoms with Crippen molar-refractivity contribution in [3.8, 4) is 11.3 Å². The molecule has 3 heteroatoms. The molecule has 37 heavy (non-hydrogen) atoms. The van der Waals surface area contributed by atoms with Gasteiger partial charge in [-0.3, -0.25) is 4.98 Å². The molecule has 2 aromatic heterocycles. The van der Waals surface area contributed by atoms with Gasteiger partial charge in [-0.2, -0.15) is 0 Å². The summed E-state index contributed by atoms with van der Waals surface area (Å²) >= 11 is 1.65. The molecule has 2 heterocycles. The molecule has 0 atom stereocenters. The summed E-state index contributed by atoms with van der Waals surface area (Å²) in [5.74, 6) is -0.881. The van der Waals surface area contributed by atoms with Gasteiger partial charge in [0.2, 0.25) is 0 Å². The molecule has 0 saturated carbocycles. The van der Waals surface area contributed by atoms with Gasteiger partial charge >= 0.3 is 0 Å². The maximum absolute atomic E-state index is 15.3. The highest BCUT2D eigenvalue weighted by atomic mass is 32.1. The number of benzene rings is 5. The van der Waals surface area contributed by atoms with Gasteiger partial charge in [0.15, 0.2) is 0 Å². The van der Waals surface area contributed by atoms with E-state index in [1.807, 2.05) is 24.3 Å². The minimum absolute atomic E-state index is 0.141. The summed E-state index contributed by atoms with van der Waals surface area (Å²) in [4.78, 5) is 4.42. The van der Waals surface area contributed by atoms with E-state index in [2.05, 4.69) is 48.3 Å². The van der Waals surface area contributed by atoms with Crippen LogP contribution < -0.4 is 0 Å². The van der Waals surface area contributed by atoms with Crippen molar-refractivity contribution in [2.45, 2.75) is 19.7 Å². The first kappa shape index (κ1) is 18.2. The Hall–Kier alpha value is -4.08. The van der Waals surface area contributed by atoms with E-state index in [9.17, 15) is 0 Å². The van der Waals surface area contributed by atoms with Crippen molar-refractivity contribution in [3.05, 3.63) is 126 Å². The third-order valence-corrected chi connectivity index (χ3v) is 8.12. The third-order valence-electron chi connectivity index (χ3n) is 6.85. The Bertz CT molecular complexity index is 2140. The lowest BCUT2D eigenvalue weighted by Crippen LogP contribution is -1.97. The molecule has 0 spiro atoms. The summed E-state index contributed by atoms with van der Waals surface area (Å²) in [5.41, 5.74) is 2.13. The van der Waals surface area contributed by atoms with Crippen LogP contribution in [0.4, 0.5) is 4.39 Å². The second kappa shape index (κ2) is 8.79. The minimum Gasteiger partial charge on any atom is -0.253 e. The Morgan fingerprint density at radius 2 is 1.54 bits per heavy atom. The van der Waals surface area contributed by atoms with Gasteiger partial charge in [0, 0.05) is 31.2 Å². The molecule has 0 aliphatic carbocycles. The summed E-state index contributed by atoms with van der Waals surface area (Å²) in [5, 5.41) is 6.61. The van der Waals surface area contributed by atoms with Crippen molar-refractivity contribution in [3.63, 3.8) is 0 Å². The van der Waals surface area contributed by atoms with Crippen LogP contribution >= 0.6 is 11.3 Å². The van der Waals surface area contributed by atoms with E-state index in [0.29, 0.717) is 5.69 Å². The first-order valence-electron chi connectivity index (χ1n) is 14.2. The largest absolute Gasteiger partial charge is 0.253 e. The van der Waals surface area contributed by atoms with E-state index in [0.717, 1.165) is 53.5 Å². The zero-order valence-corrected chi connectivity index (χ0v) is 20.9. The van der Waals surface area contributed by atoms with Crippen molar-refractivity contribution in [2.75, 3.05) is 0 Å². The van der Waals surface area contributed by atoms with Crippen LogP contribution in [-0.4, -0.2) is 4.98 Å². The van der Waals surface area contributed by atoms with Gasteiger partial charge in [0.05, 0.1) is 11.9 Å². The number of halogens is 1. The molecule has 0 bridgehead atoms. The molecule has 0 N–H and O–H groups in total. The smallest absolute Gasteiger partial charge is 0.144 e. The fourth-order valence-electron chi connectivity index (χ4n) is 5.06. The molecule has 0 amide bonds. The fraction of sp³-hybridized carbons (Fsp3) is 0.0882. The molecule has 0 fully saturated rings. The van der Waals surface area contributed by atoms with Crippen molar-refractivity contribution in [2.24, 2.45) is 0 Å². The average Bonchev–Trinajstić information content (AvgIpc) is 3.37. The lowest BCUT2D eigenvalue weighted by atomic mass is 9.96. The van der Waals surface area contributed by atoms with Crippen molar-refractivity contribution < 1.29 is 9.87 Å². The molecular formula is C34H24FNS. The molecule has 7 aromatic rings. The minimum atomic E-state index is -2.67. The van der Waals surface area contributed by atoms with Crippen LogP contribution in [-0.2, 0) is 12.7 Å². The predicted octanol–water partition coefficient (Wildman–Crippen LogP) is 9.66. The molecule has 0 saturated heterocycles. The number of hydrogen-bond acceptors (Lipinski definition) is 2. The zero-order chi connectivity index (χ0) is 28.5. The number of pyridine rings is 1. The van der Waals surface area contributed by atoms with Gasteiger partial charge in [0.25, 0.3) is 0 Å². The highest BCUT2D eigenvalue weighted by molar-refractivity contribution is 7.27. The summed E-state index contributed by atoms with van der Waals surface area (Å²) in [6, 6.07) is 30.3. The number of nitrogens with zero attached hydrogens (tertiary/aromatic N) is 1. The number of fused-ring (bicyclic) bond motifs is 7. The van der Waals surface area contributed by atoms with Crippen molar-refractivity contribution in [1.82, 2.24) is 4.98 Å². The second-order valence-corrected chi connectivity index (χ2v) is 10.3. The number of hydrogen-bond donors (Lipinski definition) is 0. The van der Waals surface area contributed by atoms with Crippen LogP contribution in [0.3, 0.4) is 0 Å². The Morgan fingerprint density at radius 3 is 2.43 bits per heavy atom. The number of aryl methyl sites for hydroxylation is 3. The van der Waals surface area contributed by atoms with Gasteiger partial charge in [0.1, 0.15) is 5.82 Å². The van der Waals surface area contributed by atoms with Crippen LogP contribution in [0.2, 0.25) is 0 Å². The Balaban J connectivity index is 1.51. The number of thiophene rings is 1. The van der Waals surface area contributed by atoms with Crippen LogP contribution in [0.25, 0.3) is 53.0 Å². The van der Waals surface area contributed by atoms with Gasteiger partial charge in [-0.15, -0.1) is 11.3 Å². The average molecular weight is 502 g/mol. The maximum Gasteiger partial charge on any atom is 0.144 e. The quantitative estimate of drug-likeness (QED) is 0.234. The first-order chi connectivity index (χ1) is 19.7. The van der Waals surface area contributed by atoms with E-state index in [1.54, 1.807) is 29.5 Å². The predicted molar refractivity (Wildman–Crippen MR) is 156 cm³/mol. The fourth-order valence-corrected chi connectivity index (χ4v) is 6.44.